The van der Waals surface area contributed by atoms with Gasteiger partial charge in [0.1, 0.15) is 5.82 Å². The average Bonchev–Trinajstić information content (AvgIpc) is 3.40. The van der Waals surface area contributed by atoms with Gasteiger partial charge in [-0.25, -0.2) is 9.97 Å². The van der Waals surface area contributed by atoms with E-state index in [0.29, 0.717) is 0 Å². The van der Waals surface area contributed by atoms with Gasteiger partial charge >= 0.3 is 0 Å². The number of para-hydroxylation sites is 1. The molecule has 0 aliphatic carbocycles. The molecule has 0 saturated carbocycles. The van der Waals surface area contributed by atoms with Crippen LogP contribution < -0.4 is 0 Å². The van der Waals surface area contributed by atoms with E-state index < -0.39 is 0 Å². The zero-order valence-corrected chi connectivity index (χ0v) is 22.9. The highest BCUT2D eigenvalue weighted by molar-refractivity contribution is 6.06. The number of rotatable bonds is 4. The topological polar surface area (TPSA) is 56.5 Å². The molecule has 0 spiro atoms. The minimum Gasteiger partial charge on any atom is -0.292 e. The minimum atomic E-state index is 0.839. The molecule has 42 heavy (non-hydrogen) atoms. The maximum atomic E-state index is 5.09. The molecule has 5 aromatic heterocycles. The van der Waals surface area contributed by atoms with Gasteiger partial charge in [0.25, 0.3) is 0 Å². The Labute approximate surface area is 242 Å². The fourth-order valence-electron chi connectivity index (χ4n) is 5.90. The normalized spacial score (nSPS) is 11.5. The van der Waals surface area contributed by atoms with E-state index >= 15 is 0 Å². The summed E-state index contributed by atoms with van der Waals surface area (Å²) in [6, 6.07) is 37.8. The quantitative estimate of drug-likeness (QED) is 0.224. The Hall–Kier alpha value is -5.68. The minimum absolute atomic E-state index is 0.839. The zero-order valence-electron chi connectivity index (χ0n) is 22.9. The van der Waals surface area contributed by atoms with E-state index in [2.05, 4.69) is 106 Å². The summed E-state index contributed by atoms with van der Waals surface area (Å²) in [7, 11) is 0. The monoisotopic (exact) mass is 539 g/mol. The summed E-state index contributed by atoms with van der Waals surface area (Å²) >= 11 is 0. The summed E-state index contributed by atoms with van der Waals surface area (Å²) in [5.41, 5.74) is 10.3. The van der Waals surface area contributed by atoms with Gasteiger partial charge in [0.2, 0.25) is 0 Å². The molecule has 198 valence electrons. The second kappa shape index (κ2) is 9.75. The summed E-state index contributed by atoms with van der Waals surface area (Å²) < 4.78 is 2.17. The van der Waals surface area contributed by atoms with Gasteiger partial charge in [0.15, 0.2) is 0 Å². The van der Waals surface area contributed by atoms with Gasteiger partial charge in [-0.05, 0) is 89.0 Å². The second-order valence-corrected chi connectivity index (χ2v) is 10.5. The van der Waals surface area contributed by atoms with Crippen LogP contribution in [0.5, 0.6) is 0 Å². The van der Waals surface area contributed by atoms with Crippen molar-refractivity contribution >= 4 is 32.7 Å². The lowest BCUT2D eigenvalue weighted by Gasteiger charge is -2.13. The Kier molecular flexibility index (Phi) is 5.61. The third kappa shape index (κ3) is 3.94. The molecule has 3 aromatic carbocycles. The van der Waals surface area contributed by atoms with Crippen LogP contribution in [0.2, 0.25) is 0 Å². The predicted molar refractivity (Wildman–Crippen MR) is 171 cm³/mol. The van der Waals surface area contributed by atoms with Gasteiger partial charge in [-0.2, -0.15) is 0 Å². The van der Waals surface area contributed by atoms with Crippen molar-refractivity contribution < 1.29 is 0 Å². The Morgan fingerprint density at radius 3 is 2.07 bits per heavy atom. The molecule has 5 nitrogen and oxygen atoms in total. The lowest BCUT2D eigenvalue weighted by molar-refractivity contribution is 1.08. The van der Waals surface area contributed by atoms with Crippen molar-refractivity contribution in [2.45, 2.75) is 6.92 Å². The summed E-state index contributed by atoms with van der Waals surface area (Å²) in [5.74, 6) is 0.839. The lowest BCUT2D eigenvalue weighted by atomic mass is 9.94. The van der Waals surface area contributed by atoms with Crippen LogP contribution in [0, 0.1) is 6.92 Å². The van der Waals surface area contributed by atoms with Crippen molar-refractivity contribution in [2.24, 2.45) is 0 Å². The highest BCUT2D eigenvalue weighted by Crippen LogP contribution is 2.35. The number of hydrogen-bond acceptors (Lipinski definition) is 4. The van der Waals surface area contributed by atoms with Crippen molar-refractivity contribution in [3.8, 4) is 39.5 Å². The maximum absolute atomic E-state index is 5.09. The van der Waals surface area contributed by atoms with Crippen LogP contribution in [0.1, 0.15) is 5.56 Å². The van der Waals surface area contributed by atoms with Crippen molar-refractivity contribution in [1.82, 2.24) is 24.5 Å². The maximum Gasteiger partial charge on any atom is 0.137 e. The van der Waals surface area contributed by atoms with Crippen molar-refractivity contribution in [3.63, 3.8) is 0 Å². The number of fused-ring (bicyclic) bond motifs is 4. The smallest absolute Gasteiger partial charge is 0.137 e. The Balaban J connectivity index is 1.30. The molecule has 0 amide bonds. The fraction of sp³-hybridized carbons (Fsp3) is 0.0270. The molecule has 0 fully saturated rings. The molecular formula is C37H25N5. The largest absolute Gasteiger partial charge is 0.292 e. The van der Waals surface area contributed by atoms with E-state index in [1.807, 2.05) is 42.9 Å². The van der Waals surface area contributed by atoms with E-state index in [4.69, 9.17) is 9.97 Å². The zero-order chi connectivity index (χ0) is 28.0. The summed E-state index contributed by atoms with van der Waals surface area (Å²) in [4.78, 5) is 19.1. The molecule has 0 bridgehead atoms. The Morgan fingerprint density at radius 1 is 0.548 bits per heavy atom. The molecule has 8 rings (SSSR count). The van der Waals surface area contributed by atoms with Crippen molar-refractivity contribution in [1.29, 1.82) is 0 Å². The number of aryl methyl sites for hydroxylation is 1. The summed E-state index contributed by atoms with van der Waals surface area (Å²) in [5, 5.41) is 3.59. The number of benzene rings is 3. The Morgan fingerprint density at radius 2 is 1.29 bits per heavy atom. The fourth-order valence-corrected chi connectivity index (χ4v) is 5.90. The van der Waals surface area contributed by atoms with E-state index in [1.54, 1.807) is 6.20 Å². The van der Waals surface area contributed by atoms with Crippen LogP contribution in [0.15, 0.2) is 134 Å². The number of hydrogen-bond donors (Lipinski definition) is 0. The van der Waals surface area contributed by atoms with Gasteiger partial charge < -0.3 is 0 Å². The molecular weight excluding hydrogens is 514 g/mol. The first-order valence-electron chi connectivity index (χ1n) is 14.0. The molecule has 0 aliphatic rings. The van der Waals surface area contributed by atoms with Gasteiger partial charge in [-0.3, -0.25) is 14.5 Å². The van der Waals surface area contributed by atoms with Gasteiger partial charge in [0.05, 0.1) is 27.9 Å². The van der Waals surface area contributed by atoms with Crippen LogP contribution in [-0.4, -0.2) is 24.5 Å². The molecule has 0 saturated heterocycles. The van der Waals surface area contributed by atoms with Crippen LogP contribution in [0.25, 0.3) is 72.2 Å². The molecule has 5 heterocycles. The first-order chi connectivity index (χ1) is 20.7. The third-order valence-electron chi connectivity index (χ3n) is 7.94. The SMILES string of the molecule is Cc1ccc(-c2cc(-c3cccnc3)nc(-c3ccc(-n4c5ccccc5c5ncccc54)nc3)c2)c2ccccc12. The van der Waals surface area contributed by atoms with E-state index in [1.165, 1.54) is 21.9 Å². The summed E-state index contributed by atoms with van der Waals surface area (Å²) in [6.45, 7) is 2.16. The molecule has 0 atom stereocenters. The number of aromatic nitrogens is 5. The first-order valence-corrected chi connectivity index (χ1v) is 14.0. The molecule has 0 N–H and O–H groups in total. The highest BCUT2D eigenvalue weighted by Gasteiger charge is 2.15. The van der Waals surface area contributed by atoms with Crippen LogP contribution in [0.4, 0.5) is 0 Å². The van der Waals surface area contributed by atoms with Crippen LogP contribution in [-0.2, 0) is 0 Å². The predicted octanol–water partition coefficient (Wildman–Crippen LogP) is 8.83. The second-order valence-electron chi connectivity index (χ2n) is 10.5. The van der Waals surface area contributed by atoms with E-state index in [0.717, 1.165) is 55.8 Å². The highest BCUT2D eigenvalue weighted by atomic mass is 15.1. The van der Waals surface area contributed by atoms with Crippen LogP contribution >= 0.6 is 0 Å². The van der Waals surface area contributed by atoms with E-state index in [-0.39, 0.29) is 0 Å². The van der Waals surface area contributed by atoms with Gasteiger partial charge in [-0.15, -0.1) is 0 Å². The van der Waals surface area contributed by atoms with E-state index in [9.17, 15) is 0 Å². The first kappa shape index (κ1) is 24.1. The third-order valence-corrected chi connectivity index (χ3v) is 7.94. The number of pyridine rings is 4. The lowest BCUT2D eigenvalue weighted by Crippen LogP contribution is -1.98. The van der Waals surface area contributed by atoms with Crippen molar-refractivity contribution in [2.75, 3.05) is 0 Å². The van der Waals surface area contributed by atoms with Crippen LogP contribution in [0.3, 0.4) is 0 Å². The molecule has 5 heteroatoms. The number of nitrogens with zero attached hydrogens (tertiary/aromatic N) is 5. The molecule has 0 aliphatic heterocycles. The standard InChI is InChI=1S/C37H25N5/c1-24-14-16-29(30-10-3-2-9-28(24)30)27-20-32(25-8-6-18-38-22-25)41-33(21-27)26-15-17-36(40-23-26)42-34-12-5-4-11-31(34)37-35(42)13-7-19-39-37/h2-23H,1H3. The molecule has 0 unspecified atom stereocenters. The average molecular weight is 540 g/mol. The van der Waals surface area contributed by atoms with Gasteiger partial charge in [-0.1, -0.05) is 54.6 Å². The molecule has 0 radical (unpaired) electrons. The van der Waals surface area contributed by atoms with Gasteiger partial charge in [0, 0.05) is 41.3 Å². The van der Waals surface area contributed by atoms with Crippen molar-refractivity contribution in [3.05, 3.63) is 140 Å². The summed E-state index contributed by atoms with van der Waals surface area (Å²) in [6.07, 6.45) is 7.40. The Bertz CT molecular complexity index is 2200. The molecule has 8 aromatic rings.